The monoisotopic (exact) mass is 339 g/mol. The number of aromatic nitrogens is 2. The van der Waals surface area contributed by atoms with Crippen molar-refractivity contribution in [2.75, 3.05) is 33.2 Å². The maximum atomic E-state index is 12.9. The van der Waals surface area contributed by atoms with Crippen molar-refractivity contribution in [3.63, 3.8) is 0 Å². The van der Waals surface area contributed by atoms with Crippen molar-refractivity contribution in [3.05, 3.63) is 17.0 Å². The Labute approximate surface area is 143 Å². The molecule has 2 atom stereocenters. The van der Waals surface area contributed by atoms with E-state index in [2.05, 4.69) is 27.5 Å². The Morgan fingerprint density at radius 2 is 2.17 bits per heavy atom. The number of amides is 1. The van der Waals surface area contributed by atoms with Crippen molar-refractivity contribution in [3.8, 4) is 0 Å². The molecule has 1 aromatic heterocycles. The molecule has 1 amide bonds. The van der Waals surface area contributed by atoms with Gasteiger partial charge in [-0.3, -0.25) is 9.89 Å². The quantitative estimate of drug-likeness (QED) is 0.802. The summed E-state index contributed by atoms with van der Waals surface area (Å²) in [6.45, 7) is 4.67. The summed E-state index contributed by atoms with van der Waals surface area (Å²) in [5.41, 5.74) is 2.86. The molecule has 0 radical (unpaired) electrons. The Bertz CT molecular complexity index is 575. The zero-order valence-corrected chi connectivity index (χ0v) is 14.5. The van der Waals surface area contributed by atoms with Gasteiger partial charge in [0.1, 0.15) is 0 Å². The van der Waals surface area contributed by atoms with Crippen LogP contribution >= 0.6 is 12.4 Å². The number of aromatic amines is 1. The van der Waals surface area contributed by atoms with Crippen LogP contribution in [0.2, 0.25) is 0 Å². The molecule has 2 saturated heterocycles. The third kappa shape index (κ3) is 2.99. The van der Waals surface area contributed by atoms with Crippen LogP contribution in [-0.2, 0) is 13.0 Å². The summed E-state index contributed by atoms with van der Waals surface area (Å²) in [5, 5.41) is 10.7. The zero-order valence-electron chi connectivity index (χ0n) is 13.7. The highest BCUT2D eigenvalue weighted by molar-refractivity contribution is 5.94. The average Bonchev–Trinajstić information content (AvgIpc) is 2.98. The standard InChI is InChI=1S/C16H25N5O.ClH/c1-20-7-2-3-11-10-21(8-5-14(11)20)16(22)15-12-9-17-6-4-13(12)18-19-15;/h11,14,17H,2-10H2,1H3,(H,18,19);1H. The Hall–Kier alpha value is -1.11. The molecular weight excluding hydrogens is 314 g/mol. The fourth-order valence-electron chi connectivity index (χ4n) is 4.39. The number of rotatable bonds is 1. The minimum absolute atomic E-state index is 0. The number of nitrogens with one attached hydrogen (secondary N) is 2. The third-order valence-electron chi connectivity index (χ3n) is 5.64. The van der Waals surface area contributed by atoms with Gasteiger partial charge in [0.2, 0.25) is 0 Å². The summed E-state index contributed by atoms with van der Waals surface area (Å²) in [5.74, 6) is 0.747. The second-order valence-corrected chi connectivity index (χ2v) is 6.95. The molecule has 2 N–H and O–H groups in total. The third-order valence-corrected chi connectivity index (χ3v) is 5.64. The van der Waals surface area contributed by atoms with E-state index < -0.39 is 0 Å². The number of hydrogen-bond donors (Lipinski definition) is 2. The predicted molar refractivity (Wildman–Crippen MR) is 90.9 cm³/mol. The second kappa shape index (κ2) is 6.79. The highest BCUT2D eigenvalue weighted by Gasteiger charge is 2.37. The number of likely N-dealkylation sites (tertiary alicyclic amines) is 2. The molecule has 0 aromatic carbocycles. The van der Waals surface area contributed by atoms with Crippen LogP contribution in [0, 0.1) is 5.92 Å². The molecule has 2 fully saturated rings. The van der Waals surface area contributed by atoms with Crippen LogP contribution in [0.25, 0.3) is 0 Å². The Morgan fingerprint density at radius 3 is 3.04 bits per heavy atom. The van der Waals surface area contributed by atoms with Crippen LogP contribution in [0.15, 0.2) is 0 Å². The highest BCUT2D eigenvalue weighted by atomic mass is 35.5. The minimum atomic E-state index is 0. The Kier molecular flexibility index (Phi) is 4.94. The number of hydrogen-bond acceptors (Lipinski definition) is 4. The summed E-state index contributed by atoms with van der Waals surface area (Å²) >= 11 is 0. The molecule has 0 saturated carbocycles. The lowest BCUT2D eigenvalue weighted by Gasteiger charge is -2.45. The summed E-state index contributed by atoms with van der Waals surface area (Å²) in [6, 6.07) is 0.660. The molecule has 7 heteroatoms. The maximum Gasteiger partial charge on any atom is 0.274 e. The number of piperidine rings is 2. The number of halogens is 1. The van der Waals surface area contributed by atoms with E-state index >= 15 is 0 Å². The molecular formula is C16H26ClN5O. The fraction of sp³-hybridized carbons (Fsp3) is 0.750. The number of carbonyl (C=O) groups is 1. The van der Waals surface area contributed by atoms with Crippen LogP contribution < -0.4 is 5.32 Å². The van der Waals surface area contributed by atoms with E-state index in [0.717, 1.165) is 50.3 Å². The van der Waals surface area contributed by atoms with Gasteiger partial charge in [0.05, 0.1) is 0 Å². The molecule has 0 aliphatic carbocycles. The first-order valence-corrected chi connectivity index (χ1v) is 8.50. The summed E-state index contributed by atoms with van der Waals surface area (Å²) < 4.78 is 0. The normalized spacial score (nSPS) is 27.8. The topological polar surface area (TPSA) is 64.3 Å². The van der Waals surface area contributed by atoms with Crippen LogP contribution in [-0.4, -0.2) is 65.2 Å². The zero-order chi connectivity index (χ0) is 15.1. The van der Waals surface area contributed by atoms with E-state index in [9.17, 15) is 4.79 Å². The van der Waals surface area contributed by atoms with E-state index in [1.54, 1.807) is 0 Å². The molecule has 0 bridgehead atoms. The fourth-order valence-corrected chi connectivity index (χ4v) is 4.39. The summed E-state index contributed by atoms with van der Waals surface area (Å²) in [4.78, 5) is 17.4. The molecule has 4 rings (SSSR count). The van der Waals surface area contributed by atoms with Gasteiger partial charge in [0, 0.05) is 49.9 Å². The second-order valence-electron chi connectivity index (χ2n) is 6.95. The molecule has 4 heterocycles. The summed E-state index contributed by atoms with van der Waals surface area (Å²) in [7, 11) is 2.23. The molecule has 3 aliphatic heterocycles. The van der Waals surface area contributed by atoms with Crippen molar-refractivity contribution in [2.45, 2.75) is 38.3 Å². The number of fused-ring (bicyclic) bond motifs is 2. The Morgan fingerprint density at radius 1 is 1.30 bits per heavy atom. The Balaban J connectivity index is 0.00000156. The van der Waals surface area contributed by atoms with Gasteiger partial charge < -0.3 is 15.1 Å². The molecule has 0 spiro atoms. The molecule has 6 nitrogen and oxygen atoms in total. The van der Waals surface area contributed by atoms with Gasteiger partial charge in [-0.1, -0.05) is 0 Å². The lowest BCUT2D eigenvalue weighted by atomic mass is 9.84. The van der Waals surface area contributed by atoms with Crippen LogP contribution in [0.4, 0.5) is 0 Å². The van der Waals surface area contributed by atoms with Gasteiger partial charge in [0.25, 0.3) is 5.91 Å². The van der Waals surface area contributed by atoms with Crippen molar-refractivity contribution in [1.82, 2.24) is 25.3 Å². The van der Waals surface area contributed by atoms with Gasteiger partial charge >= 0.3 is 0 Å². The van der Waals surface area contributed by atoms with Crippen LogP contribution in [0.3, 0.4) is 0 Å². The van der Waals surface area contributed by atoms with Gasteiger partial charge in [-0.05, 0) is 38.8 Å². The first kappa shape index (κ1) is 16.7. The van der Waals surface area contributed by atoms with E-state index in [0.29, 0.717) is 17.7 Å². The van der Waals surface area contributed by atoms with Gasteiger partial charge in [-0.2, -0.15) is 5.10 Å². The number of H-pyrrole nitrogens is 1. The maximum absolute atomic E-state index is 12.9. The SMILES string of the molecule is CN1CCCC2CN(C(=O)c3n[nH]c4c3CNCC4)CCC21.Cl. The van der Waals surface area contributed by atoms with Crippen LogP contribution in [0.5, 0.6) is 0 Å². The smallest absolute Gasteiger partial charge is 0.274 e. The van der Waals surface area contributed by atoms with Crippen molar-refractivity contribution in [2.24, 2.45) is 5.92 Å². The van der Waals surface area contributed by atoms with Crippen LogP contribution in [0.1, 0.15) is 41.0 Å². The van der Waals surface area contributed by atoms with Gasteiger partial charge in [-0.15, -0.1) is 12.4 Å². The highest BCUT2D eigenvalue weighted by Crippen LogP contribution is 2.30. The van der Waals surface area contributed by atoms with Crippen molar-refractivity contribution >= 4 is 18.3 Å². The lowest BCUT2D eigenvalue weighted by Crippen LogP contribution is -2.54. The van der Waals surface area contributed by atoms with E-state index in [1.165, 1.54) is 19.4 Å². The molecule has 128 valence electrons. The van der Waals surface area contributed by atoms with E-state index in [4.69, 9.17) is 0 Å². The van der Waals surface area contributed by atoms with Gasteiger partial charge in [0.15, 0.2) is 5.69 Å². The first-order chi connectivity index (χ1) is 10.7. The molecule has 23 heavy (non-hydrogen) atoms. The van der Waals surface area contributed by atoms with Crippen molar-refractivity contribution in [1.29, 1.82) is 0 Å². The van der Waals surface area contributed by atoms with E-state index in [-0.39, 0.29) is 18.3 Å². The molecule has 2 unspecified atom stereocenters. The first-order valence-electron chi connectivity index (χ1n) is 8.50. The summed E-state index contributed by atoms with van der Waals surface area (Å²) in [6.07, 6.45) is 4.53. The molecule has 3 aliphatic rings. The van der Waals surface area contributed by atoms with Crippen molar-refractivity contribution < 1.29 is 4.79 Å². The van der Waals surface area contributed by atoms with Gasteiger partial charge in [-0.25, -0.2) is 0 Å². The molecule has 1 aromatic rings. The lowest BCUT2D eigenvalue weighted by molar-refractivity contribution is 0.0312. The van der Waals surface area contributed by atoms with E-state index in [1.807, 2.05) is 4.90 Å². The minimum Gasteiger partial charge on any atom is -0.337 e. The number of carbonyl (C=O) groups excluding carboxylic acids is 1. The predicted octanol–water partition coefficient (Wildman–Crippen LogP) is 1.03. The largest absolute Gasteiger partial charge is 0.337 e. The average molecular weight is 340 g/mol. The number of nitrogens with zero attached hydrogens (tertiary/aromatic N) is 3.